The topological polar surface area (TPSA) is 26.0 Å². The third-order valence-electron chi connectivity index (χ3n) is 3.91. The van der Waals surface area contributed by atoms with E-state index in [1.807, 2.05) is 11.3 Å². The van der Waals surface area contributed by atoms with Gasteiger partial charge in [-0.25, -0.2) is 0 Å². The number of halogens is 1. The van der Waals surface area contributed by atoms with Crippen LogP contribution < -0.4 is 5.73 Å². The number of aryl methyl sites for hydroxylation is 1. The summed E-state index contributed by atoms with van der Waals surface area (Å²) in [6.45, 7) is 2.94. The third kappa shape index (κ3) is 2.04. The largest absolute Gasteiger partial charge is 0.330 e. The molecule has 2 N–H and O–H groups in total. The number of hydrogen-bond donors (Lipinski definition) is 1. The van der Waals surface area contributed by atoms with Gasteiger partial charge in [0, 0.05) is 21.3 Å². The molecule has 1 aliphatic carbocycles. The van der Waals surface area contributed by atoms with Crippen molar-refractivity contribution in [3.63, 3.8) is 0 Å². The monoisotopic (exact) mass is 321 g/mol. The molecule has 2 aromatic rings. The SMILES string of the molecule is Cc1cc(Br)ccc1-c1cc(C2(CN)CC2)cs1. The van der Waals surface area contributed by atoms with Crippen molar-refractivity contribution < 1.29 is 0 Å². The van der Waals surface area contributed by atoms with Crippen molar-refractivity contribution in [2.45, 2.75) is 25.2 Å². The molecule has 1 fully saturated rings. The maximum atomic E-state index is 5.90. The molecule has 0 saturated heterocycles. The van der Waals surface area contributed by atoms with E-state index in [2.05, 4.69) is 52.5 Å². The van der Waals surface area contributed by atoms with Gasteiger partial charge in [-0.1, -0.05) is 22.0 Å². The van der Waals surface area contributed by atoms with Gasteiger partial charge >= 0.3 is 0 Å². The van der Waals surface area contributed by atoms with E-state index in [1.165, 1.54) is 34.4 Å². The minimum atomic E-state index is 0.304. The Morgan fingerprint density at radius 1 is 1.33 bits per heavy atom. The molecule has 94 valence electrons. The second-order valence-corrected chi connectivity index (χ2v) is 6.97. The molecule has 0 spiro atoms. The Morgan fingerprint density at radius 3 is 2.72 bits per heavy atom. The zero-order valence-electron chi connectivity index (χ0n) is 10.4. The number of rotatable bonds is 3. The fraction of sp³-hybridized carbons (Fsp3) is 0.333. The normalized spacial score (nSPS) is 16.8. The molecule has 3 rings (SSSR count). The van der Waals surface area contributed by atoms with E-state index in [4.69, 9.17) is 5.73 Å². The molecule has 0 amide bonds. The van der Waals surface area contributed by atoms with Crippen LogP contribution in [-0.4, -0.2) is 6.54 Å². The van der Waals surface area contributed by atoms with Crippen LogP contribution in [0.5, 0.6) is 0 Å². The summed E-state index contributed by atoms with van der Waals surface area (Å²) >= 11 is 5.35. The van der Waals surface area contributed by atoms with Crippen molar-refractivity contribution in [2.24, 2.45) is 5.73 Å². The van der Waals surface area contributed by atoms with Crippen LogP contribution in [0.2, 0.25) is 0 Å². The maximum Gasteiger partial charge on any atom is 0.0348 e. The highest BCUT2D eigenvalue weighted by molar-refractivity contribution is 9.10. The van der Waals surface area contributed by atoms with Gasteiger partial charge in [-0.2, -0.15) is 0 Å². The first-order chi connectivity index (χ1) is 8.64. The molecule has 1 aliphatic rings. The molecule has 1 nitrogen and oxygen atoms in total. The van der Waals surface area contributed by atoms with Gasteiger partial charge in [0.25, 0.3) is 0 Å². The Morgan fingerprint density at radius 2 is 2.11 bits per heavy atom. The highest BCUT2D eigenvalue weighted by Crippen LogP contribution is 2.49. The Kier molecular flexibility index (Phi) is 3.08. The number of nitrogens with two attached hydrogens (primary N) is 1. The predicted molar refractivity (Wildman–Crippen MR) is 82.2 cm³/mol. The molecular formula is C15H16BrNS. The summed E-state index contributed by atoms with van der Waals surface area (Å²) in [4.78, 5) is 1.36. The van der Waals surface area contributed by atoms with Crippen LogP contribution in [0, 0.1) is 6.92 Å². The molecule has 0 aliphatic heterocycles. The van der Waals surface area contributed by atoms with Gasteiger partial charge in [-0.15, -0.1) is 11.3 Å². The standard InChI is InChI=1S/C15H16BrNS/c1-10-6-12(16)2-3-13(10)14-7-11(8-18-14)15(9-17)4-5-15/h2-3,6-8H,4-5,9,17H2,1H3. The van der Waals surface area contributed by atoms with Crippen molar-refractivity contribution in [3.05, 3.63) is 45.2 Å². The van der Waals surface area contributed by atoms with E-state index in [0.717, 1.165) is 11.0 Å². The van der Waals surface area contributed by atoms with Gasteiger partial charge in [0.15, 0.2) is 0 Å². The summed E-state index contributed by atoms with van der Waals surface area (Å²) in [5.41, 5.74) is 10.3. The summed E-state index contributed by atoms with van der Waals surface area (Å²) in [7, 11) is 0. The minimum Gasteiger partial charge on any atom is -0.330 e. The Hall–Kier alpha value is -0.640. The lowest BCUT2D eigenvalue weighted by molar-refractivity contribution is 0.708. The average molecular weight is 322 g/mol. The molecule has 0 unspecified atom stereocenters. The second-order valence-electron chi connectivity index (χ2n) is 5.14. The fourth-order valence-electron chi connectivity index (χ4n) is 2.42. The Bertz CT molecular complexity index is 584. The van der Waals surface area contributed by atoms with Crippen LogP contribution in [0.25, 0.3) is 10.4 Å². The van der Waals surface area contributed by atoms with Gasteiger partial charge in [0.05, 0.1) is 0 Å². The van der Waals surface area contributed by atoms with Crippen molar-refractivity contribution in [3.8, 4) is 10.4 Å². The minimum absolute atomic E-state index is 0.304. The first-order valence-corrected chi connectivity index (χ1v) is 7.87. The smallest absolute Gasteiger partial charge is 0.0348 e. The molecule has 1 aromatic carbocycles. The van der Waals surface area contributed by atoms with Gasteiger partial charge in [0.2, 0.25) is 0 Å². The average Bonchev–Trinajstić information content (AvgIpc) is 3.00. The molecule has 1 saturated carbocycles. The van der Waals surface area contributed by atoms with Crippen LogP contribution in [0.15, 0.2) is 34.1 Å². The number of benzene rings is 1. The lowest BCUT2D eigenvalue weighted by Gasteiger charge is -2.09. The van der Waals surface area contributed by atoms with E-state index >= 15 is 0 Å². The lowest BCUT2D eigenvalue weighted by Crippen LogP contribution is -2.18. The van der Waals surface area contributed by atoms with E-state index in [-0.39, 0.29) is 0 Å². The van der Waals surface area contributed by atoms with E-state index in [0.29, 0.717) is 5.41 Å². The Balaban J connectivity index is 1.98. The van der Waals surface area contributed by atoms with Crippen LogP contribution in [0.3, 0.4) is 0 Å². The molecule has 1 heterocycles. The van der Waals surface area contributed by atoms with Gasteiger partial charge in [-0.05, 0) is 60.0 Å². The van der Waals surface area contributed by atoms with Gasteiger partial charge < -0.3 is 5.73 Å². The summed E-state index contributed by atoms with van der Waals surface area (Å²) in [5, 5.41) is 2.29. The third-order valence-corrected chi connectivity index (χ3v) is 5.37. The summed E-state index contributed by atoms with van der Waals surface area (Å²) in [6, 6.07) is 8.81. The van der Waals surface area contributed by atoms with Crippen molar-refractivity contribution >= 4 is 27.3 Å². The fourth-order valence-corrected chi connectivity index (χ4v) is 4.02. The molecule has 0 radical (unpaired) electrons. The highest BCUT2D eigenvalue weighted by atomic mass is 79.9. The van der Waals surface area contributed by atoms with E-state index < -0.39 is 0 Å². The first-order valence-electron chi connectivity index (χ1n) is 6.20. The van der Waals surface area contributed by atoms with E-state index in [9.17, 15) is 0 Å². The number of hydrogen-bond acceptors (Lipinski definition) is 2. The van der Waals surface area contributed by atoms with Crippen molar-refractivity contribution in [1.29, 1.82) is 0 Å². The quantitative estimate of drug-likeness (QED) is 0.886. The highest BCUT2D eigenvalue weighted by Gasteiger charge is 2.43. The molecule has 18 heavy (non-hydrogen) atoms. The second kappa shape index (κ2) is 4.48. The van der Waals surface area contributed by atoms with Crippen LogP contribution >= 0.6 is 27.3 Å². The molecule has 3 heteroatoms. The Labute approximate surface area is 120 Å². The van der Waals surface area contributed by atoms with Crippen LogP contribution in [0.1, 0.15) is 24.0 Å². The molecule has 1 aromatic heterocycles. The van der Waals surface area contributed by atoms with Crippen LogP contribution in [-0.2, 0) is 5.41 Å². The first kappa shape index (κ1) is 12.4. The number of thiophene rings is 1. The summed E-state index contributed by atoms with van der Waals surface area (Å²) in [6.07, 6.45) is 2.50. The molecule has 0 bridgehead atoms. The summed E-state index contributed by atoms with van der Waals surface area (Å²) < 4.78 is 1.14. The zero-order valence-corrected chi connectivity index (χ0v) is 12.8. The maximum absolute atomic E-state index is 5.90. The van der Waals surface area contributed by atoms with Crippen LogP contribution in [0.4, 0.5) is 0 Å². The molecule has 0 atom stereocenters. The predicted octanol–water partition coefficient (Wildman–Crippen LogP) is 4.48. The van der Waals surface area contributed by atoms with Gasteiger partial charge in [-0.3, -0.25) is 0 Å². The summed E-state index contributed by atoms with van der Waals surface area (Å²) in [5.74, 6) is 0. The van der Waals surface area contributed by atoms with Crippen molar-refractivity contribution in [1.82, 2.24) is 0 Å². The molecular weight excluding hydrogens is 306 g/mol. The van der Waals surface area contributed by atoms with E-state index in [1.54, 1.807) is 0 Å². The lowest BCUT2D eigenvalue weighted by atomic mass is 9.98. The van der Waals surface area contributed by atoms with Crippen molar-refractivity contribution in [2.75, 3.05) is 6.54 Å². The zero-order chi connectivity index (χ0) is 12.8. The van der Waals surface area contributed by atoms with Gasteiger partial charge in [0.1, 0.15) is 0 Å².